The van der Waals surface area contributed by atoms with Gasteiger partial charge in [0.1, 0.15) is 0 Å². The van der Waals surface area contributed by atoms with Gasteiger partial charge in [0.05, 0.1) is 0 Å². The van der Waals surface area contributed by atoms with Crippen molar-refractivity contribution in [2.45, 2.75) is 31.7 Å². The first kappa shape index (κ1) is 14.3. The van der Waals surface area contributed by atoms with E-state index in [9.17, 15) is 13.2 Å². The zero-order valence-corrected chi connectivity index (χ0v) is 10.3. The molecule has 2 rings (SSSR count). The van der Waals surface area contributed by atoms with E-state index in [0.717, 1.165) is 31.5 Å². The number of halogens is 4. The number of hydrogen-bond donors (Lipinski definition) is 1. The fourth-order valence-corrected chi connectivity index (χ4v) is 2.27. The minimum absolute atomic E-state index is 0. The van der Waals surface area contributed by atoms with Gasteiger partial charge in [0.25, 0.3) is 0 Å². The number of hydrogen-bond acceptors (Lipinski definition) is 1. The predicted octanol–water partition coefficient (Wildman–Crippen LogP) is 3.21. The molecule has 0 amide bonds. The van der Waals surface area contributed by atoms with Crippen LogP contribution >= 0.6 is 12.4 Å². The topological polar surface area (TPSA) is 12.0 Å². The Balaban J connectivity index is 0.00000144. The summed E-state index contributed by atoms with van der Waals surface area (Å²) >= 11 is 0. The van der Waals surface area contributed by atoms with E-state index in [1.165, 1.54) is 0 Å². The molecule has 1 atom stereocenters. The molecule has 1 nitrogen and oxygen atoms in total. The molecular weight excluding hydrogens is 251 g/mol. The molecule has 1 aromatic carbocycles. The van der Waals surface area contributed by atoms with Crippen molar-refractivity contribution in [3.05, 3.63) is 35.1 Å². The Hall–Kier alpha value is -0.740. The fourth-order valence-electron chi connectivity index (χ4n) is 2.27. The summed E-state index contributed by atoms with van der Waals surface area (Å²) in [4.78, 5) is 0. The number of benzene rings is 1. The van der Waals surface area contributed by atoms with Gasteiger partial charge in [0.15, 0.2) is 17.5 Å². The van der Waals surface area contributed by atoms with Gasteiger partial charge < -0.3 is 5.32 Å². The van der Waals surface area contributed by atoms with Crippen LogP contribution in [0, 0.1) is 17.5 Å². The maximum absolute atomic E-state index is 13.0. The highest BCUT2D eigenvalue weighted by molar-refractivity contribution is 5.85. The smallest absolute Gasteiger partial charge is 0.194 e. The third kappa shape index (κ3) is 3.13. The zero-order valence-electron chi connectivity index (χ0n) is 9.53. The van der Waals surface area contributed by atoms with Crippen molar-refractivity contribution in [3.8, 4) is 0 Å². The largest absolute Gasteiger partial charge is 0.311 e. The Kier molecular flexibility index (Phi) is 4.44. The Morgan fingerprint density at radius 1 is 1.24 bits per heavy atom. The van der Waals surface area contributed by atoms with E-state index in [4.69, 9.17) is 0 Å². The molecule has 0 aromatic heterocycles. The Labute approximate surface area is 105 Å². The molecule has 1 unspecified atom stereocenters. The van der Waals surface area contributed by atoms with Crippen LogP contribution in [0.3, 0.4) is 0 Å². The van der Waals surface area contributed by atoms with E-state index in [1.807, 2.05) is 6.92 Å². The SMILES string of the molecule is CC1(Cc2cc(F)c(F)c(F)c2)CCCN1.Cl. The molecule has 0 aliphatic carbocycles. The van der Waals surface area contributed by atoms with Crippen LogP contribution in [-0.4, -0.2) is 12.1 Å². The molecule has 0 spiro atoms. The molecule has 1 aliphatic heterocycles. The van der Waals surface area contributed by atoms with Crippen LogP contribution in [0.2, 0.25) is 0 Å². The van der Waals surface area contributed by atoms with Gasteiger partial charge in [-0.3, -0.25) is 0 Å². The van der Waals surface area contributed by atoms with E-state index in [1.54, 1.807) is 0 Å². The standard InChI is InChI=1S/C12H14F3N.ClH/c1-12(3-2-4-16-12)7-8-5-9(13)11(15)10(14)6-8;/h5-6,16H,2-4,7H2,1H3;1H. The summed E-state index contributed by atoms with van der Waals surface area (Å²) in [5, 5.41) is 3.30. The van der Waals surface area contributed by atoms with E-state index in [2.05, 4.69) is 5.32 Å². The monoisotopic (exact) mass is 265 g/mol. The van der Waals surface area contributed by atoms with Crippen LogP contribution in [-0.2, 0) is 6.42 Å². The fraction of sp³-hybridized carbons (Fsp3) is 0.500. The molecule has 1 N–H and O–H groups in total. The van der Waals surface area contributed by atoms with Crippen molar-refractivity contribution in [1.29, 1.82) is 0 Å². The summed E-state index contributed by atoms with van der Waals surface area (Å²) in [7, 11) is 0. The van der Waals surface area contributed by atoms with Crippen LogP contribution in [0.15, 0.2) is 12.1 Å². The molecule has 0 radical (unpaired) electrons. The number of nitrogens with one attached hydrogen (secondary N) is 1. The molecule has 0 saturated carbocycles. The predicted molar refractivity (Wildman–Crippen MR) is 62.9 cm³/mol. The lowest BCUT2D eigenvalue weighted by Crippen LogP contribution is -2.38. The van der Waals surface area contributed by atoms with Gasteiger partial charge in [-0.15, -0.1) is 12.4 Å². The second-order valence-corrected chi connectivity index (χ2v) is 4.64. The zero-order chi connectivity index (χ0) is 11.8. The second-order valence-electron chi connectivity index (χ2n) is 4.64. The quantitative estimate of drug-likeness (QED) is 0.810. The molecule has 1 aromatic rings. The summed E-state index contributed by atoms with van der Waals surface area (Å²) in [6.07, 6.45) is 2.54. The lowest BCUT2D eigenvalue weighted by molar-refractivity contribution is 0.405. The van der Waals surface area contributed by atoms with Crippen molar-refractivity contribution in [2.24, 2.45) is 0 Å². The van der Waals surface area contributed by atoms with Crippen LogP contribution in [0.4, 0.5) is 13.2 Å². The van der Waals surface area contributed by atoms with Gasteiger partial charge >= 0.3 is 0 Å². The minimum atomic E-state index is -1.40. The average Bonchev–Trinajstić information content (AvgIpc) is 2.61. The molecule has 1 aliphatic rings. The summed E-state index contributed by atoms with van der Waals surface area (Å²) in [5.41, 5.74) is 0.366. The van der Waals surface area contributed by atoms with Gasteiger partial charge in [-0.05, 0) is 50.4 Å². The summed E-state index contributed by atoms with van der Waals surface area (Å²) in [6.45, 7) is 2.93. The molecule has 1 saturated heterocycles. The van der Waals surface area contributed by atoms with Crippen LogP contribution < -0.4 is 5.32 Å². The minimum Gasteiger partial charge on any atom is -0.311 e. The molecule has 96 valence electrons. The summed E-state index contributed by atoms with van der Waals surface area (Å²) in [5.74, 6) is -3.62. The van der Waals surface area contributed by atoms with E-state index >= 15 is 0 Å². The lowest BCUT2D eigenvalue weighted by Gasteiger charge is -2.24. The van der Waals surface area contributed by atoms with Crippen molar-refractivity contribution in [2.75, 3.05) is 6.54 Å². The highest BCUT2D eigenvalue weighted by Crippen LogP contribution is 2.24. The van der Waals surface area contributed by atoms with Crippen LogP contribution in [0.25, 0.3) is 0 Å². The first-order chi connectivity index (χ1) is 7.50. The van der Waals surface area contributed by atoms with Gasteiger partial charge in [0.2, 0.25) is 0 Å². The van der Waals surface area contributed by atoms with Crippen molar-refractivity contribution >= 4 is 12.4 Å². The van der Waals surface area contributed by atoms with Gasteiger partial charge in [-0.25, -0.2) is 13.2 Å². The van der Waals surface area contributed by atoms with E-state index in [-0.39, 0.29) is 17.9 Å². The van der Waals surface area contributed by atoms with Crippen molar-refractivity contribution in [1.82, 2.24) is 5.32 Å². The maximum Gasteiger partial charge on any atom is 0.194 e. The molecular formula is C12H15ClF3N. The van der Waals surface area contributed by atoms with E-state index in [0.29, 0.717) is 12.0 Å². The summed E-state index contributed by atoms with van der Waals surface area (Å²) < 4.78 is 38.8. The molecule has 0 bridgehead atoms. The highest BCUT2D eigenvalue weighted by Gasteiger charge is 2.28. The molecule has 17 heavy (non-hydrogen) atoms. The Morgan fingerprint density at radius 2 is 1.82 bits per heavy atom. The average molecular weight is 266 g/mol. The first-order valence-electron chi connectivity index (χ1n) is 5.39. The maximum atomic E-state index is 13.0. The van der Waals surface area contributed by atoms with Crippen LogP contribution in [0.1, 0.15) is 25.3 Å². The first-order valence-corrected chi connectivity index (χ1v) is 5.39. The highest BCUT2D eigenvalue weighted by atomic mass is 35.5. The van der Waals surface area contributed by atoms with Crippen molar-refractivity contribution < 1.29 is 13.2 Å². The van der Waals surface area contributed by atoms with Gasteiger partial charge in [0, 0.05) is 5.54 Å². The third-order valence-electron chi connectivity index (χ3n) is 3.09. The molecule has 5 heteroatoms. The van der Waals surface area contributed by atoms with Crippen molar-refractivity contribution in [3.63, 3.8) is 0 Å². The molecule has 1 fully saturated rings. The third-order valence-corrected chi connectivity index (χ3v) is 3.09. The Bertz CT molecular complexity index is 380. The van der Waals surface area contributed by atoms with E-state index < -0.39 is 17.5 Å². The van der Waals surface area contributed by atoms with Crippen LogP contribution in [0.5, 0.6) is 0 Å². The summed E-state index contributed by atoms with van der Waals surface area (Å²) in [6, 6.07) is 2.15. The van der Waals surface area contributed by atoms with Gasteiger partial charge in [-0.2, -0.15) is 0 Å². The van der Waals surface area contributed by atoms with Gasteiger partial charge in [-0.1, -0.05) is 0 Å². The lowest BCUT2D eigenvalue weighted by atomic mass is 9.91. The Morgan fingerprint density at radius 3 is 2.29 bits per heavy atom. The number of rotatable bonds is 2. The molecule has 1 heterocycles. The second kappa shape index (κ2) is 5.27. The normalized spacial score (nSPS) is 23.5.